The molecule has 1 rings (SSSR count). The van der Waals surface area contributed by atoms with Gasteiger partial charge in [-0.1, -0.05) is 6.92 Å². The molecule has 3 N–H and O–H groups in total. The smallest absolute Gasteiger partial charge is 0.223 e. The lowest BCUT2D eigenvalue weighted by molar-refractivity contribution is -0.124. The van der Waals surface area contributed by atoms with Gasteiger partial charge in [0.1, 0.15) is 0 Å². The normalized spacial score (nSPS) is 21.2. The third kappa shape index (κ3) is 4.61. The number of carbonyl (C=O) groups is 1. The Balaban J connectivity index is 2.37. The van der Waals surface area contributed by atoms with E-state index >= 15 is 0 Å². The van der Waals surface area contributed by atoms with Crippen LogP contribution < -0.4 is 10.6 Å². The molecule has 5 heteroatoms. The first-order valence-electron chi connectivity index (χ1n) is 6.30. The maximum atomic E-state index is 11.4. The van der Waals surface area contributed by atoms with Gasteiger partial charge in [-0.25, -0.2) is 0 Å². The van der Waals surface area contributed by atoms with E-state index in [-0.39, 0.29) is 11.8 Å². The first-order valence-corrected chi connectivity index (χ1v) is 6.30. The van der Waals surface area contributed by atoms with E-state index in [1.54, 1.807) is 7.05 Å². The fourth-order valence-electron chi connectivity index (χ4n) is 2.41. The molecule has 100 valence electrons. The lowest BCUT2D eigenvalue weighted by Gasteiger charge is -2.36. The predicted molar refractivity (Wildman–Crippen MR) is 67.8 cm³/mol. The summed E-state index contributed by atoms with van der Waals surface area (Å²) in [6.07, 6.45) is 1.57. The molecule has 1 fully saturated rings. The van der Waals surface area contributed by atoms with Crippen molar-refractivity contribution in [3.05, 3.63) is 0 Å². The Morgan fingerprint density at radius 3 is 2.65 bits per heavy atom. The summed E-state index contributed by atoms with van der Waals surface area (Å²) in [5, 5.41) is 16.3. The second kappa shape index (κ2) is 6.33. The summed E-state index contributed by atoms with van der Waals surface area (Å²) in [4.78, 5) is 13.5. The van der Waals surface area contributed by atoms with Crippen molar-refractivity contribution >= 4 is 5.91 Å². The highest BCUT2D eigenvalue weighted by Crippen LogP contribution is 2.19. The van der Waals surface area contributed by atoms with Crippen LogP contribution in [0.3, 0.4) is 0 Å². The van der Waals surface area contributed by atoms with Gasteiger partial charge in [0.25, 0.3) is 0 Å². The minimum absolute atomic E-state index is 0.0460. The molecule has 0 spiro atoms. The van der Waals surface area contributed by atoms with Crippen LogP contribution in [0.4, 0.5) is 0 Å². The number of hydrogen-bond acceptors (Lipinski definition) is 4. The van der Waals surface area contributed by atoms with Gasteiger partial charge in [-0.2, -0.15) is 0 Å². The number of aliphatic hydroxyl groups is 1. The van der Waals surface area contributed by atoms with Crippen LogP contribution in [-0.2, 0) is 4.79 Å². The first kappa shape index (κ1) is 14.4. The minimum Gasteiger partial charge on any atom is -0.388 e. The van der Waals surface area contributed by atoms with Gasteiger partial charge in [-0.3, -0.25) is 4.79 Å². The molecule has 0 aromatic rings. The summed E-state index contributed by atoms with van der Waals surface area (Å²) in [6, 6.07) is 0. The highest BCUT2D eigenvalue weighted by molar-refractivity contribution is 5.78. The zero-order valence-corrected chi connectivity index (χ0v) is 11.1. The van der Waals surface area contributed by atoms with Crippen LogP contribution in [0.25, 0.3) is 0 Å². The van der Waals surface area contributed by atoms with Crippen LogP contribution in [0.2, 0.25) is 0 Å². The number of rotatable bonds is 5. The number of amides is 1. The van der Waals surface area contributed by atoms with E-state index in [4.69, 9.17) is 0 Å². The Morgan fingerprint density at radius 2 is 2.12 bits per heavy atom. The Morgan fingerprint density at radius 1 is 1.53 bits per heavy atom. The zero-order chi connectivity index (χ0) is 12.9. The van der Waals surface area contributed by atoms with Gasteiger partial charge in [-0.05, 0) is 33.0 Å². The quantitative estimate of drug-likeness (QED) is 0.604. The third-order valence-corrected chi connectivity index (χ3v) is 3.38. The number of likely N-dealkylation sites (N-methyl/N-ethyl adjacent to an activating group) is 1. The van der Waals surface area contributed by atoms with Crippen molar-refractivity contribution in [3.8, 4) is 0 Å². The number of nitrogens with one attached hydrogen (secondary N) is 2. The average Bonchev–Trinajstić information content (AvgIpc) is 2.27. The van der Waals surface area contributed by atoms with Gasteiger partial charge in [0, 0.05) is 26.1 Å². The molecule has 1 heterocycles. The maximum absolute atomic E-state index is 11.4. The lowest BCUT2D eigenvalue weighted by Crippen LogP contribution is -2.50. The summed E-state index contributed by atoms with van der Waals surface area (Å²) in [5.74, 6) is 0.00414. The molecule has 0 saturated carbocycles. The second-order valence-electron chi connectivity index (χ2n) is 5.19. The van der Waals surface area contributed by atoms with Gasteiger partial charge in [0.2, 0.25) is 5.91 Å². The van der Waals surface area contributed by atoms with Crippen LogP contribution in [0, 0.1) is 5.92 Å². The molecule has 1 amide bonds. The van der Waals surface area contributed by atoms with E-state index in [9.17, 15) is 9.90 Å². The van der Waals surface area contributed by atoms with E-state index in [1.807, 2.05) is 18.9 Å². The van der Waals surface area contributed by atoms with Crippen molar-refractivity contribution in [2.75, 3.05) is 40.3 Å². The van der Waals surface area contributed by atoms with Gasteiger partial charge in [0.05, 0.1) is 5.60 Å². The molecule has 17 heavy (non-hydrogen) atoms. The minimum atomic E-state index is -0.595. The SMILES string of the molecule is CNC(=O)C(C)CN(C)CC1(O)CCNCC1. The molecule has 1 atom stereocenters. The summed E-state index contributed by atoms with van der Waals surface area (Å²) in [7, 11) is 3.61. The highest BCUT2D eigenvalue weighted by Gasteiger charge is 2.30. The molecular weight excluding hydrogens is 218 g/mol. The summed E-state index contributed by atoms with van der Waals surface area (Å²) in [5.41, 5.74) is -0.595. The molecule has 0 radical (unpaired) electrons. The van der Waals surface area contributed by atoms with Gasteiger partial charge in [-0.15, -0.1) is 0 Å². The van der Waals surface area contributed by atoms with E-state index in [1.165, 1.54) is 0 Å². The molecule has 0 aromatic heterocycles. The largest absolute Gasteiger partial charge is 0.388 e. The average molecular weight is 243 g/mol. The van der Waals surface area contributed by atoms with E-state index < -0.39 is 5.60 Å². The standard InChI is InChI=1S/C12H25N3O2/c1-10(11(16)13-2)8-15(3)9-12(17)4-6-14-7-5-12/h10,14,17H,4-9H2,1-3H3,(H,13,16). The van der Waals surface area contributed by atoms with Crippen LogP contribution in [-0.4, -0.2) is 61.8 Å². The Bertz CT molecular complexity index is 252. The van der Waals surface area contributed by atoms with Crippen molar-refractivity contribution < 1.29 is 9.90 Å². The van der Waals surface area contributed by atoms with E-state index in [0.29, 0.717) is 13.1 Å². The zero-order valence-electron chi connectivity index (χ0n) is 11.1. The molecule has 1 aliphatic rings. The summed E-state index contributed by atoms with van der Waals surface area (Å²) >= 11 is 0. The fraction of sp³-hybridized carbons (Fsp3) is 0.917. The van der Waals surface area contributed by atoms with E-state index in [2.05, 4.69) is 10.6 Å². The molecule has 0 bridgehead atoms. The molecule has 1 unspecified atom stereocenters. The predicted octanol–water partition coefficient (Wildman–Crippen LogP) is -0.585. The second-order valence-corrected chi connectivity index (χ2v) is 5.19. The highest BCUT2D eigenvalue weighted by atomic mass is 16.3. The Hall–Kier alpha value is -0.650. The number of carbonyl (C=O) groups excluding carboxylic acids is 1. The summed E-state index contributed by atoms with van der Waals surface area (Å²) in [6.45, 7) is 4.96. The Labute approximate surface area is 104 Å². The van der Waals surface area contributed by atoms with Crippen molar-refractivity contribution in [1.82, 2.24) is 15.5 Å². The van der Waals surface area contributed by atoms with Crippen LogP contribution in [0.5, 0.6) is 0 Å². The van der Waals surface area contributed by atoms with Crippen molar-refractivity contribution in [2.45, 2.75) is 25.4 Å². The van der Waals surface area contributed by atoms with E-state index in [0.717, 1.165) is 25.9 Å². The van der Waals surface area contributed by atoms with Crippen LogP contribution >= 0.6 is 0 Å². The van der Waals surface area contributed by atoms with Gasteiger partial charge in [0.15, 0.2) is 0 Å². The first-order chi connectivity index (χ1) is 7.97. The molecule has 5 nitrogen and oxygen atoms in total. The molecule has 0 aromatic carbocycles. The van der Waals surface area contributed by atoms with Gasteiger partial charge >= 0.3 is 0 Å². The topological polar surface area (TPSA) is 64.6 Å². The number of piperidine rings is 1. The number of hydrogen-bond donors (Lipinski definition) is 3. The Kier molecular flexibility index (Phi) is 5.36. The van der Waals surface area contributed by atoms with Gasteiger partial charge < -0.3 is 20.6 Å². The lowest BCUT2D eigenvalue weighted by atomic mass is 9.92. The van der Waals surface area contributed by atoms with Crippen molar-refractivity contribution in [1.29, 1.82) is 0 Å². The summed E-state index contributed by atoms with van der Waals surface area (Å²) < 4.78 is 0. The van der Waals surface area contributed by atoms with Crippen LogP contribution in [0.15, 0.2) is 0 Å². The molecular formula is C12H25N3O2. The van der Waals surface area contributed by atoms with Crippen molar-refractivity contribution in [3.63, 3.8) is 0 Å². The molecule has 1 aliphatic heterocycles. The maximum Gasteiger partial charge on any atom is 0.223 e. The third-order valence-electron chi connectivity index (χ3n) is 3.38. The molecule has 1 saturated heterocycles. The van der Waals surface area contributed by atoms with Crippen LogP contribution in [0.1, 0.15) is 19.8 Å². The fourth-order valence-corrected chi connectivity index (χ4v) is 2.41. The monoisotopic (exact) mass is 243 g/mol. The molecule has 0 aliphatic carbocycles. The van der Waals surface area contributed by atoms with Crippen molar-refractivity contribution in [2.24, 2.45) is 5.92 Å². The number of nitrogens with zero attached hydrogens (tertiary/aromatic N) is 1.